The van der Waals surface area contributed by atoms with E-state index >= 15 is 0 Å². The van der Waals surface area contributed by atoms with Crippen molar-refractivity contribution in [2.75, 3.05) is 6.54 Å². The van der Waals surface area contributed by atoms with Gasteiger partial charge >= 0.3 is 0 Å². The van der Waals surface area contributed by atoms with Crippen molar-refractivity contribution in [3.8, 4) is 0 Å². The molecular formula is C12H25N. The predicted octanol–water partition coefficient (Wildman–Crippen LogP) is 3.34. The van der Waals surface area contributed by atoms with Gasteiger partial charge in [-0.1, -0.05) is 39.5 Å². The molecule has 78 valence electrons. The Morgan fingerprint density at radius 2 is 1.77 bits per heavy atom. The molecule has 0 aromatic heterocycles. The minimum atomic E-state index is 0.893. The summed E-state index contributed by atoms with van der Waals surface area (Å²) in [5.41, 5.74) is 0. The van der Waals surface area contributed by atoms with Crippen LogP contribution in [0, 0.1) is 5.92 Å². The molecule has 0 unspecified atom stereocenters. The molecule has 1 aliphatic carbocycles. The molecule has 1 aliphatic rings. The monoisotopic (exact) mass is 183 g/mol. The Balaban J connectivity index is 1.68. The third kappa shape index (κ3) is 7.06. The minimum Gasteiger partial charge on any atom is -0.314 e. The van der Waals surface area contributed by atoms with Crippen molar-refractivity contribution in [1.29, 1.82) is 0 Å². The number of hydrogen-bond acceptors (Lipinski definition) is 1. The highest BCUT2D eigenvalue weighted by Gasteiger charge is 2.19. The molecule has 0 aliphatic heterocycles. The van der Waals surface area contributed by atoms with E-state index in [1.54, 1.807) is 0 Å². The van der Waals surface area contributed by atoms with Crippen molar-refractivity contribution in [3.63, 3.8) is 0 Å². The number of hydrogen-bond donors (Lipinski definition) is 1. The molecule has 0 spiro atoms. The summed E-state index contributed by atoms with van der Waals surface area (Å²) in [4.78, 5) is 0. The van der Waals surface area contributed by atoms with Crippen molar-refractivity contribution in [1.82, 2.24) is 5.32 Å². The molecule has 0 aromatic rings. The second-order valence-electron chi connectivity index (χ2n) is 4.83. The quantitative estimate of drug-likeness (QED) is 0.569. The predicted molar refractivity (Wildman–Crippen MR) is 58.9 cm³/mol. The summed E-state index contributed by atoms with van der Waals surface area (Å²) < 4.78 is 0. The summed E-state index contributed by atoms with van der Waals surface area (Å²) in [6, 6.07) is 0.899. The Bertz CT molecular complexity index is 110. The van der Waals surface area contributed by atoms with Crippen LogP contribution in [-0.2, 0) is 0 Å². The standard InChI is InChI=1S/C12H25N/c1-11(2)7-5-3-4-6-10-13-12-8-9-12/h11-13H,3-10H2,1-2H3. The fourth-order valence-corrected chi connectivity index (χ4v) is 1.62. The van der Waals surface area contributed by atoms with Gasteiger partial charge in [-0.3, -0.25) is 0 Å². The maximum Gasteiger partial charge on any atom is 0.00682 e. The van der Waals surface area contributed by atoms with Crippen molar-refractivity contribution in [2.45, 2.75) is 64.8 Å². The molecule has 1 heteroatoms. The molecule has 0 saturated heterocycles. The van der Waals surface area contributed by atoms with E-state index in [0.29, 0.717) is 0 Å². The zero-order valence-electron chi connectivity index (χ0n) is 9.31. The second-order valence-corrected chi connectivity index (χ2v) is 4.83. The average molecular weight is 183 g/mol. The van der Waals surface area contributed by atoms with Gasteiger partial charge < -0.3 is 5.32 Å². The summed E-state index contributed by atoms with van der Waals surface area (Å²) in [5, 5.41) is 3.56. The largest absolute Gasteiger partial charge is 0.314 e. The van der Waals surface area contributed by atoms with Crippen LogP contribution in [0.3, 0.4) is 0 Å². The van der Waals surface area contributed by atoms with Crippen molar-refractivity contribution in [2.24, 2.45) is 5.92 Å². The van der Waals surface area contributed by atoms with Gasteiger partial charge in [0.2, 0.25) is 0 Å². The van der Waals surface area contributed by atoms with Crippen LogP contribution in [0.4, 0.5) is 0 Å². The maximum atomic E-state index is 3.56. The summed E-state index contributed by atoms with van der Waals surface area (Å²) in [5.74, 6) is 0.893. The number of rotatable bonds is 8. The first-order chi connectivity index (χ1) is 6.29. The maximum absolute atomic E-state index is 3.56. The molecule has 1 nitrogen and oxygen atoms in total. The molecule has 0 heterocycles. The van der Waals surface area contributed by atoms with Gasteiger partial charge in [-0.2, -0.15) is 0 Å². The van der Waals surface area contributed by atoms with Crippen molar-refractivity contribution >= 4 is 0 Å². The third-order valence-corrected chi connectivity index (χ3v) is 2.72. The van der Waals surface area contributed by atoms with E-state index in [1.165, 1.54) is 51.5 Å². The molecule has 1 saturated carbocycles. The van der Waals surface area contributed by atoms with Crippen molar-refractivity contribution < 1.29 is 0 Å². The topological polar surface area (TPSA) is 12.0 Å². The summed E-state index contributed by atoms with van der Waals surface area (Å²) in [6.07, 6.45) is 9.93. The summed E-state index contributed by atoms with van der Waals surface area (Å²) >= 11 is 0. The van der Waals surface area contributed by atoms with E-state index in [4.69, 9.17) is 0 Å². The van der Waals surface area contributed by atoms with E-state index in [2.05, 4.69) is 19.2 Å². The molecule has 0 aromatic carbocycles. The van der Waals surface area contributed by atoms with E-state index in [0.717, 1.165) is 12.0 Å². The van der Waals surface area contributed by atoms with Crippen LogP contribution < -0.4 is 5.32 Å². The van der Waals surface area contributed by atoms with Crippen LogP contribution in [0.25, 0.3) is 0 Å². The van der Waals surface area contributed by atoms with Crippen LogP contribution in [0.5, 0.6) is 0 Å². The van der Waals surface area contributed by atoms with E-state index in [1.807, 2.05) is 0 Å². The molecule has 13 heavy (non-hydrogen) atoms. The summed E-state index contributed by atoms with van der Waals surface area (Å²) in [6.45, 7) is 5.88. The Kier molecular flexibility index (Phi) is 5.45. The Morgan fingerprint density at radius 3 is 2.38 bits per heavy atom. The van der Waals surface area contributed by atoms with Gasteiger partial charge in [0.1, 0.15) is 0 Å². The van der Waals surface area contributed by atoms with Crippen LogP contribution in [0.2, 0.25) is 0 Å². The van der Waals surface area contributed by atoms with Gasteiger partial charge in [-0.25, -0.2) is 0 Å². The fourth-order valence-electron chi connectivity index (χ4n) is 1.62. The highest BCUT2D eigenvalue weighted by atomic mass is 14.9. The molecule has 0 bridgehead atoms. The lowest BCUT2D eigenvalue weighted by atomic mass is 10.0. The van der Waals surface area contributed by atoms with Gasteiger partial charge in [0.15, 0.2) is 0 Å². The van der Waals surface area contributed by atoms with Gasteiger partial charge in [-0.05, 0) is 31.7 Å². The first kappa shape index (κ1) is 11.0. The van der Waals surface area contributed by atoms with Crippen LogP contribution in [0.15, 0.2) is 0 Å². The van der Waals surface area contributed by atoms with Gasteiger partial charge in [0.25, 0.3) is 0 Å². The highest BCUT2D eigenvalue weighted by Crippen LogP contribution is 2.18. The van der Waals surface area contributed by atoms with Gasteiger partial charge in [0, 0.05) is 6.04 Å². The van der Waals surface area contributed by atoms with Crippen molar-refractivity contribution in [3.05, 3.63) is 0 Å². The Hall–Kier alpha value is -0.0400. The lowest BCUT2D eigenvalue weighted by molar-refractivity contribution is 0.512. The molecular weight excluding hydrogens is 158 g/mol. The molecule has 1 rings (SSSR count). The van der Waals surface area contributed by atoms with E-state index in [-0.39, 0.29) is 0 Å². The van der Waals surface area contributed by atoms with E-state index < -0.39 is 0 Å². The zero-order chi connectivity index (χ0) is 9.52. The molecule has 0 atom stereocenters. The fraction of sp³-hybridized carbons (Fsp3) is 1.00. The molecule has 1 N–H and O–H groups in total. The Morgan fingerprint density at radius 1 is 1.08 bits per heavy atom. The van der Waals surface area contributed by atoms with E-state index in [9.17, 15) is 0 Å². The second kappa shape index (κ2) is 6.42. The SMILES string of the molecule is CC(C)CCCCCCNC1CC1. The Labute approximate surface area is 83.3 Å². The first-order valence-corrected chi connectivity index (χ1v) is 6.02. The number of unbranched alkanes of at least 4 members (excludes halogenated alkanes) is 3. The molecule has 0 radical (unpaired) electrons. The highest BCUT2D eigenvalue weighted by molar-refractivity contribution is 4.80. The number of nitrogens with one attached hydrogen (secondary N) is 1. The lowest BCUT2D eigenvalue weighted by Gasteiger charge is -2.04. The third-order valence-electron chi connectivity index (χ3n) is 2.72. The first-order valence-electron chi connectivity index (χ1n) is 6.02. The lowest BCUT2D eigenvalue weighted by Crippen LogP contribution is -2.17. The average Bonchev–Trinajstić information content (AvgIpc) is 2.86. The van der Waals surface area contributed by atoms with Crippen LogP contribution >= 0.6 is 0 Å². The van der Waals surface area contributed by atoms with Crippen LogP contribution in [-0.4, -0.2) is 12.6 Å². The zero-order valence-corrected chi connectivity index (χ0v) is 9.31. The minimum absolute atomic E-state index is 0.893. The summed E-state index contributed by atoms with van der Waals surface area (Å²) in [7, 11) is 0. The van der Waals surface area contributed by atoms with Gasteiger partial charge in [-0.15, -0.1) is 0 Å². The van der Waals surface area contributed by atoms with Gasteiger partial charge in [0.05, 0.1) is 0 Å². The smallest absolute Gasteiger partial charge is 0.00682 e. The normalized spacial score (nSPS) is 16.8. The molecule has 1 fully saturated rings. The van der Waals surface area contributed by atoms with Crippen LogP contribution in [0.1, 0.15) is 58.8 Å². The molecule has 0 amide bonds.